The lowest BCUT2D eigenvalue weighted by Gasteiger charge is -2.32. The van der Waals surface area contributed by atoms with Gasteiger partial charge in [0, 0.05) is 12.6 Å². The highest BCUT2D eigenvalue weighted by Crippen LogP contribution is 2.15. The molecule has 0 aromatic carbocycles. The van der Waals surface area contributed by atoms with Crippen LogP contribution in [-0.4, -0.2) is 37.1 Å². The van der Waals surface area contributed by atoms with Crippen LogP contribution < -0.4 is 5.32 Å². The molecule has 0 bridgehead atoms. The predicted octanol–water partition coefficient (Wildman–Crippen LogP) is 1.72. The monoisotopic (exact) mass is 184 g/mol. The van der Waals surface area contributed by atoms with Gasteiger partial charge in [-0.2, -0.15) is 0 Å². The second-order valence-electron chi connectivity index (χ2n) is 4.46. The van der Waals surface area contributed by atoms with Crippen LogP contribution in [0.2, 0.25) is 0 Å². The van der Waals surface area contributed by atoms with Gasteiger partial charge in [-0.1, -0.05) is 20.8 Å². The van der Waals surface area contributed by atoms with E-state index in [-0.39, 0.29) is 0 Å². The standard InChI is InChI=1S/C11H24N2/c1-4-13-7-5-6-11(9-13)8-12-10(2)3/h10-12H,4-9H2,1-3H3. The van der Waals surface area contributed by atoms with Crippen molar-refractivity contribution in [1.82, 2.24) is 10.2 Å². The lowest BCUT2D eigenvalue weighted by molar-refractivity contribution is 0.178. The van der Waals surface area contributed by atoms with Crippen LogP contribution in [0.15, 0.2) is 0 Å². The van der Waals surface area contributed by atoms with Crippen molar-refractivity contribution in [3.05, 3.63) is 0 Å². The number of hydrogen-bond donors (Lipinski definition) is 1. The topological polar surface area (TPSA) is 15.3 Å². The Hall–Kier alpha value is -0.0800. The van der Waals surface area contributed by atoms with Gasteiger partial charge in [0.15, 0.2) is 0 Å². The first-order valence-electron chi connectivity index (χ1n) is 5.68. The van der Waals surface area contributed by atoms with E-state index in [1.807, 2.05) is 0 Å². The Morgan fingerprint density at radius 2 is 2.23 bits per heavy atom. The Morgan fingerprint density at radius 3 is 2.85 bits per heavy atom. The first-order valence-corrected chi connectivity index (χ1v) is 5.68. The fraction of sp³-hybridized carbons (Fsp3) is 1.00. The maximum atomic E-state index is 3.53. The van der Waals surface area contributed by atoms with E-state index < -0.39 is 0 Å². The van der Waals surface area contributed by atoms with Gasteiger partial charge in [0.25, 0.3) is 0 Å². The molecular weight excluding hydrogens is 160 g/mol. The molecule has 0 amide bonds. The van der Waals surface area contributed by atoms with Crippen molar-refractivity contribution < 1.29 is 0 Å². The SMILES string of the molecule is CCN1CCCC(CNC(C)C)C1. The van der Waals surface area contributed by atoms with Crippen LogP contribution in [0.3, 0.4) is 0 Å². The van der Waals surface area contributed by atoms with Gasteiger partial charge >= 0.3 is 0 Å². The molecule has 1 aliphatic rings. The van der Waals surface area contributed by atoms with Gasteiger partial charge < -0.3 is 10.2 Å². The normalized spacial score (nSPS) is 25.4. The third-order valence-electron chi connectivity index (χ3n) is 2.87. The van der Waals surface area contributed by atoms with Gasteiger partial charge in [-0.15, -0.1) is 0 Å². The van der Waals surface area contributed by atoms with E-state index in [4.69, 9.17) is 0 Å². The number of hydrogen-bond acceptors (Lipinski definition) is 2. The lowest BCUT2D eigenvalue weighted by Crippen LogP contribution is -2.40. The second kappa shape index (κ2) is 5.61. The minimum absolute atomic E-state index is 0.636. The molecule has 1 saturated heterocycles. The number of nitrogens with zero attached hydrogens (tertiary/aromatic N) is 1. The third kappa shape index (κ3) is 4.10. The maximum absolute atomic E-state index is 3.53. The van der Waals surface area contributed by atoms with E-state index in [1.54, 1.807) is 0 Å². The largest absolute Gasteiger partial charge is 0.314 e. The molecule has 0 aromatic rings. The van der Waals surface area contributed by atoms with Crippen molar-refractivity contribution in [1.29, 1.82) is 0 Å². The van der Waals surface area contributed by atoms with Crippen molar-refractivity contribution >= 4 is 0 Å². The van der Waals surface area contributed by atoms with Crippen molar-refractivity contribution in [2.45, 2.75) is 39.7 Å². The summed E-state index contributed by atoms with van der Waals surface area (Å²) in [7, 11) is 0. The number of nitrogens with one attached hydrogen (secondary N) is 1. The minimum atomic E-state index is 0.636. The fourth-order valence-corrected chi connectivity index (χ4v) is 2.01. The molecule has 1 unspecified atom stereocenters. The molecule has 1 aliphatic heterocycles. The molecule has 2 heteroatoms. The highest BCUT2D eigenvalue weighted by Gasteiger charge is 2.18. The Bertz CT molecular complexity index is 134. The van der Waals surface area contributed by atoms with Crippen molar-refractivity contribution in [3.8, 4) is 0 Å². The zero-order valence-electron chi connectivity index (χ0n) is 9.34. The summed E-state index contributed by atoms with van der Waals surface area (Å²) in [6.07, 6.45) is 2.80. The molecule has 1 heterocycles. The van der Waals surface area contributed by atoms with E-state index >= 15 is 0 Å². The Morgan fingerprint density at radius 1 is 1.46 bits per heavy atom. The number of rotatable bonds is 4. The lowest BCUT2D eigenvalue weighted by atomic mass is 9.98. The maximum Gasteiger partial charge on any atom is 0.00217 e. The second-order valence-corrected chi connectivity index (χ2v) is 4.46. The van der Waals surface area contributed by atoms with E-state index in [0.29, 0.717) is 6.04 Å². The first-order chi connectivity index (χ1) is 6.22. The van der Waals surface area contributed by atoms with E-state index in [0.717, 1.165) is 5.92 Å². The summed E-state index contributed by atoms with van der Waals surface area (Å²) in [5, 5.41) is 3.53. The van der Waals surface area contributed by atoms with Crippen LogP contribution in [0.1, 0.15) is 33.6 Å². The zero-order chi connectivity index (χ0) is 9.68. The Balaban J connectivity index is 2.18. The molecule has 1 fully saturated rings. The summed E-state index contributed by atoms with van der Waals surface area (Å²) in [6, 6.07) is 0.636. The molecule has 13 heavy (non-hydrogen) atoms. The summed E-state index contributed by atoms with van der Waals surface area (Å²) in [4.78, 5) is 2.57. The first kappa shape index (κ1) is 11.0. The summed E-state index contributed by atoms with van der Waals surface area (Å²) < 4.78 is 0. The van der Waals surface area contributed by atoms with Gasteiger partial charge in [-0.05, 0) is 38.4 Å². The molecule has 0 aliphatic carbocycles. The summed E-state index contributed by atoms with van der Waals surface area (Å²) in [5.74, 6) is 0.885. The smallest absolute Gasteiger partial charge is 0.00217 e. The highest BCUT2D eigenvalue weighted by molar-refractivity contribution is 4.74. The molecule has 78 valence electrons. The number of piperidine rings is 1. The molecule has 2 nitrogen and oxygen atoms in total. The average Bonchev–Trinajstić information content (AvgIpc) is 2.15. The third-order valence-corrected chi connectivity index (χ3v) is 2.87. The van der Waals surface area contributed by atoms with Crippen LogP contribution in [0, 0.1) is 5.92 Å². The van der Waals surface area contributed by atoms with Crippen molar-refractivity contribution in [2.75, 3.05) is 26.2 Å². The summed E-state index contributed by atoms with van der Waals surface area (Å²) in [5.41, 5.74) is 0. The summed E-state index contributed by atoms with van der Waals surface area (Å²) in [6.45, 7) is 11.7. The molecular formula is C11H24N2. The molecule has 0 saturated carbocycles. The van der Waals surface area contributed by atoms with Crippen LogP contribution in [0.4, 0.5) is 0 Å². The van der Waals surface area contributed by atoms with Gasteiger partial charge in [0.05, 0.1) is 0 Å². The van der Waals surface area contributed by atoms with Gasteiger partial charge in [-0.25, -0.2) is 0 Å². The molecule has 1 rings (SSSR count). The molecule has 1 atom stereocenters. The molecule has 0 aromatic heterocycles. The predicted molar refractivity (Wildman–Crippen MR) is 58.0 cm³/mol. The van der Waals surface area contributed by atoms with E-state index in [9.17, 15) is 0 Å². The van der Waals surface area contributed by atoms with E-state index in [1.165, 1.54) is 39.0 Å². The number of likely N-dealkylation sites (tertiary alicyclic amines) is 1. The summed E-state index contributed by atoms with van der Waals surface area (Å²) >= 11 is 0. The zero-order valence-corrected chi connectivity index (χ0v) is 9.34. The average molecular weight is 184 g/mol. The Labute approximate surface area is 82.7 Å². The quantitative estimate of drug-likeness (QED) is 0.715. The van der Waals surface area contributed by atoms with Crippen molar-refractivity contribution in [2.24, 2.45) is 5.92 Å². The van der Waals surface area contributed by atoms with Crippen molar-refractivity contribution in [3.63, 3.8) is 0 Å². The van der Waals surface area contributed by atoms with E-state index in [2.05, 4.69) is 31.0 Å². The molecule has 1 N–H and O–H groups in total. The van der Waals surface area contributed by atoms with Gasteiger partial charge in [0.1, 0.15) is 0 Å². The van der Waals surface area contributed by atoms with Gasteiger partial charge in [-0.3, -0.25) is 0 Å². The minimum Gasteiger partial charge on any atom is -0.314 e. The van der Waals surface area contributed by atoms with Crippen LogP contribution in [0.5, 0.6) is 0 Å². The Kier molecular flexibility index (Phi) is 4.74. The highest BCUT2D eigenvalue weighted by atomic mass is 15.1. The van der Waals surface area contributed by atoms with Crippen LogP contribution in [-0.2, 0) is 0 Å². The molecule has 0 radical (unpaired) electrons. The fourth-order valence-electron chi connectivity index (χ4n) is 2.01. The molecule has 0 spiro atoms. The van der Waals surface area contributed by atoms with Crippen LogP contribution in [0.25, 0.3) is 0 Å². The van der Waals surface area contributed by atoms with Gasteiger partial charge in [0.2, 0.25) is 0 Å². The van der Waals surface area contributed by atoms with Crippen LogP contribution >= 0.6 is 0 Å².